The summed E-state index contributed by atoms with van der Waals surface area (Å²) in [5.74, 6) is 1.53. The zero-order valence-electron chi connectivity index (χ0n) is 21.5. The molecule has 3 heterocycles. The van der Waals surface area contributed by atoms with Crippen LogP contribution >= 0.6 is 0 Å². The fourth-order valence-corrected chi connectivity index (χ4v) is 5.25. The van der Waals surface area contributed by atoms with Crippen LogP contribution in [0.15, 0.2) is 60.9 Å². The molecule has 0 N–H and O–H groups in total. The zero-order chi connectivity index (χ0) is 25.3. The first-order valence-electron chi connectivity index (χ1n) is 13.1. The maximum Gasteiger partial charge on any atom is 0.236 e. The van der Waals surface area contributed by atoms with E-state index in [-0.39, 0.29) is 23.7 Å². The average Bonchev–Trinajstić information content (AvgIpc) is 2.89. The van der Waals surface area contributed by atoms with Gasteiger partial charge < -0.3 is 14.5 Å². The van der Waals surface area contributed by atoms with Gasteiger partial charge in [0.2, 0.25) is 11.8 Å². The van der Waals surface area contributed by atoms with Gasteiger partial charge in [-0.1, -0.05) is 30.4 Å². The van der Waals surface area contributed by atoms with Gasteiger partial charge in [-0.05, 0) is 55.9 Å². The van der Waals surface area contributed by atoms with E-state index in [1.807, 2.05) is 54.0 Å². The van der Waals surface area contributed by atoms with E-state index in [9.17, 15) is 9.59 Å². The van der Waals surface area contributed by atoms with Gasteiger partial charge in [-0.15, -0.1) is 0 Å². The van der Waals surface area contributed by atoms with Crippen LogP contribution in [0.5, 0.6) is 5.75 Å². The summed E-state index contributed by atoms with van der Waals surface area (Å²) >= 11 is 0. The predicted octanol–water partition coefficient (Wildman–Crippen LogP) is 3.76. The van der Waals surface area contributed by atoms with Gasteiger partial charge >= 0.3 is 0 Å². The van der Waals surface area contributed by atoms with E-state index >= 15 is 0 Å². The lowest BCUT2D eigenvalue weighted by molar-refractivity contribution is -0.136. The van der Waals surface area contributed by atoms with Gasteiger partial charge in [-0.3, -0.25) is 19.5 Å². The third-order valence-electron chi connectivity index (χ3n) is 7.31. The number of ether oxygens (including phenoxy) is 1. The summed E-state index contributed by atoms with van der Waals surface area (Å²) in [6.07, 6.45) is 9.15. The molecule has 2 bridgehead atoms. The lowest BCUT2D eigenvalue weighted by atomic mass is 9.82. The minimum absolute atomic E-state index is 0.133. The lowest BCUT2D eigenvalue weighted by Gasteiger charge is -2.38. The molecular formula is C29H38N4O3. The van der Waals surface area contributed by atoms with E-state index in [4.69, 9.17) is 4.74 Å². The Bertz CT molecular complexity index is 1040. The first-order valence-corrected chi connectivity index (χ1v) is 13.1. The van der Waals surface area contributed by atoms with Crippen LogP contribution in [0.2, 0.25) is 0 Å². The number of nitrogens with zero attached hydrogens (tertiary/aromatic N) is 4. The van der Waals surface area contributed by atoms with Crippen molar-refractivity contribution < 1.29 is 14.3 Å². The Morgan fingerprint density at radius 3 is 2.67 bits per heavy atom. The van der Waals surface area contributed by atoms with Crippen molar-refractivity contribution in [2.75, 3.05) is 39.3 Å². The highest BCUT2D eigenvalue weighted by atomic mass is 16.5. The largest absolute Gasteiger partial charge is 0.489 e. The van der Waals surface area contributed by atoms with E-state index in [2.05, 4.69) is 28.1 Å². The molecule has 36 heavy (non-hydrogen) atoms. The summed E-state index contributed by atoms with van der Waals surface area (Å²) in [7, 11) is 0. The SMILES string of the molecule is CCN(CC)C(=O)C[C@@H]1CCN2C[C@@H]1/C=C/COc1ccccc1CN(Cc1ccncc1)CC2=O. The van der Waals surface area contributed by atoms with E-state index in [0.29, 0.717) is 45.8 Å². The number of benzene rings is 1. The molecule has 2 amide bonds. The Labute approximate surface area is 214 Å². The first kappa shape index (κ1) is 25.9. The number of amides is 2. The first-order chi connectivity index (χ1) is 17.6. The van der Waals surface area contributed by atoms with Crippen molar-refractivity contribution in [3.05, 3.63) is 72.1 Å². The second kappa shape index (κ2) is 12.7. The summed E-state index contributed by atoms with van der Waals surface area (Å²) in [4.78, 5) is 36.6. The molecule has 0 unspecified atom stereocenters. The number of para-hydroxylation sites is 1. The summed E-state index contributed by atoms with van der Waals surface area (Å²) < 4.78 is 6.16. The number of pyridine rings is 1. The average molecular weight is 491 g/mol. The fourth-order valence-electron chi connectivity index (χ4n) is 5.25. The topological polar surface area (TPSA) is 66.0 Å². The Hall–Kier alpha value is -3.19. The Morgan fingerprint density at radius 1 is 1.11 bits per heavy atom. The minimum atomic E-state index is 0.133. The third kappa shape index (κ3) is 6.72. The molecule has 192 valence electrons. The summed E-state index contributed by atoms with van der Waals surface area (Å²) in [5.41, 5.74) is 2.18. The quantitative estimate of drug-likeness (QED) is 0.577. The van der Waals surface area contributed by atoms with Gasteiger partial charge in [-0.2, -0.15) is 0 Å². The molecular weight excluding hydrogens is 452 g/mol. The van der Waals surface area contributed by atoms with Gasteiger partial charge in [0.25, 0.3) is 0 Å². The highest BCUT2D eigenvalue weighted by Gasteiger charge is 2.32. The molecule has 1 aromatic heterocycles. The number of piperidine rings is 1. The molecule has 0 radical (unpaired) electrons. The fraction of sp³-hybridized carbons (Fsp3) is 0.483. The molecule has 2 atom stereocenters. The lowest BCUT2D eigenvalue weighted by Crippen LogP contribution is -2.48. The predicted molar refractivity (Wildman–Crippen MR) is 140 cm³/mol. The molecule has 1 fully saturated rings. The van der Waals surface area contributed by atoms with Crippen molar-refractivity contribution in [3.63, 3.8) is 0 Å². The highest BCUT2D eigenvalue weighted by molar-refractivity contribution is 5.79. The van der Waals surface area contributed by atoms with Crippen LogP contribution in [0.1, 0.15) is 37.8 Å². The molecule has 7 nitrogen and oxygen atoms in total. The number of aromatic nitrogens is 1. The van der Waals surface area contributed by atoms with Crippen LogP contribution in [0, 0.1) is 11.8 Å². The van der Waals surface area contributed by atoms with E-state index in [1.54, 1.807) is 12.4 Å². The Balaban J connectivity index is 1.56. The zero-order valence-corrected chi connectivity index (χ0v) is 21.5. The third-order valence-corrected chi connectivity index (χ3v) is 7.31. The molecule has 2 aliphatic rings. The summed E-state index contributed by atoms with van der Waals surface area (Å²) in [5, 5.41) is 0. The molecule has 2 aromatic rings. The summed E-state index contributed by atoms with van der Waals surface area (Å²) in [6.45, 7) is 8.89. The van der Waals surface area contributed by atoms with E-state index < -0.39 is 0 Å². The van der Waals surface area contributed by atoms with Gasteiger partial charge in [0.1, 0.15) is 12.4 Å². The number of carbonyl (C=O) groups excluding carboxylic acids is 2. The van der Waals surface area contributed by atoms with Crippen molar-refractivity contribution >= 4 is 11.8 Å². The van der Waals surface area contributed by atoms with Crippen molar-refractivity contribution in [1.82, 2.24) is 19.7 Å². The van der Waals surface area contributed by atoms with Crippen LogP contribution in [-0.2, 0) is 22.7 Å². The maximum atomic E-state index is 13.5. The van der Waals surface area contributed by atoms with Crippen molar-refractivity contribution in [3.8, 4) is 5.75 Å². The van der Waals surface area contributed by atoms with E-state index in [0.717, 1.165) is 36.4 Å². The molecule has 7 heteroatoms. The minimum Gasteiger partial charge on any atom is -0.489 e. The van der Waals surface area contributed by atoms with Crippen molar-refractivity contribution in [2.24, 2.45) is 11.8 Å². The Kier molecular flexibility index (Phi) is 9.11. The smallest absolute Gasteiger partial charge is 0.236 e. The van der Waals surface area contributed by atoms with Crippen molar-refractivity contribution in [1.29, 1.82) is 0 Å². The monoisotopic (exact) mass is 490 g/mol. The van der Waals surface area contributed by atoms with Gasteiger partial charge in [0, 0.05) is 63.6 Å². The van der Waals surface area contributed by atoms with Gasteiger partial charge in [0.05, 0.1) is 6.54 Å². The maximum absolute atomic E-state index is 13.5. The second-order valence-corrected chi connectivity index (χ2v) is 9.67. The molecule has 4 rings (SSSR count). The van der Waals surface area contributed by atoms with Gasteiger partial charge in [0.15, 0.2) is 0 Å². The van der Waals surface area contributed by atoms with Crippen LogP contribution in [0.25, 0.3) is 0 Å². The number of fused-ring (bicyclic) bond motifs is 3. The standard InChI is InChI=1S/C29H38N4O3/c1-3-32(4-2)28(34)18-24-13-16-33-21-25(24)9-7-17-36-27-10-6-5-8-26(27)20-31(22-29(33)35)19-23-11-14-30-15-12-23/h5-12,14-15,24-25H,3-4,13,16-22H2,1-2H3/b9-7+/t24-,25-/m0/s1. The molecule has 2 aliphatic heterocycles. The van der Waals surface area contributed by atoms with Crippen molar-refractivity contribution in [2.45, 2.75) is 39.8 Å². The Morgan fingerprint density at radius 2 is 1.89 bits per heavy atom. The normalized spacial score (nSPS) is 21.8. The van der Waals surface area contributed by atoms with Crippen LogP contribution in [0.4, 0.5) is 0 Å². The number of hydrogen-bond acceptors (Lipinski definition) is 5. The highest BCUT2D eigenvalue weighted by Crippen LogP contribution is 2.29. The van der Waals surface area contributed by atoms with Crippen LogP contribution in [0.3, 0.4) is 0 Å². The number of carbonyl (C=O) groups is 2. The second-order valence-electron chi connectivity index (χ2n) is 9.67. The van der Waals surface area contributed by atoms with E-state index in [1.165, 1.54) is 0 Å². The van der Waals surface area contributed by atoms with Crippen LogP contribution < -0.4 is 4.74 Å². The molecule has 0 saturated carbocycles. The number of rotatable bonds is 6. The summed E-state index contributed by atoms with van der Waals surface area (Å²) in [6, 6.07) is 12.0. The number of hydrogen-bond donors (Lipinski definition) is 0. The van der Waals surface area contributed by atoms with Crippen LogP contribution in [-0.4, -0.2) is 70.8 Å². The van der Waals surface area contributed by atoms with Gasteiger partial charge in [-0.25, -0.2) is 0 Å². The molecule has 0 spiro atoms. The molecule has 0 aliphatic carbocycles. The molecule has 1 saturated heterocycles. The molecule has 1 aromatic carbocycles.